The van der Waals surface area contributed by atoms with Gasteiger partial charge in [0.2, 0.25) is 0 Å². The topological polar surface area (TPSA) is 29.3 Å². The molecule has 0 atom stereocenters. The van der Waals surface area contributed by atoms with Gasteiger partial charge in [-0.2, -0.15) is 0 Å². The Labute approximate surface area is 121 Å². The molecule has 5 heteroatoms. The molecule has 0 bridgehead atoms. The van der Waals surface area contributed by atoms with Crippen molar-refractivity contribution in [1.29, 1.82) is 0 Å². The van der Waals surface area contributed by atoms with E-state index in [-0.39, 0.29) is 0 Å². The molecule has 0 aliphatic rings. The van der Waals surface area contributed by atoms with Gasteiger partial charge in [0.05, 0.1) is 6.54 Å². The molecule has 0 aliphatic carbocycles. The Balaban J connectivity index is 2.31. The third-order valence-corrected chi connectivity index (χ3v) is 3.93. The van der Waals surface area contributed by atoms with Gasteiger partial charge in [-0.15, -0.1) is 11.3 Å². The van der Waals surface area contributed by atoms with Crippen LogP contribution in [0.25, 0.3) is 0 Å². The molecule has 0 unspecified atom stereocenters. The van der Waals surface area contributed by atoms with Gasteiger partial charge in [0.15, 0.2) is 0 Å². The van der Waals surface area contributed by atoms with Crippen molar-refractivity contribution in [3.05, 3.63) is 51.2 Å². The first-order valence-corrected chi connectivity index (χ1v) is 7.07. The lowest BCUT2D eigenvalue weighted by molar-refractivity contribution is 0.939. The molecule has 2 N–H and O–H groups in total. The fraction of sp³-hybridized carbons (Fsp3) is 0.154. The number of halogens is 1. The molecular formula is C13H13ClN2S2. The van der Waals surface area contributed by atoms with Crippen LogP contribution in [0, 0.1) is 0 Å². The summed E-state index contributed by atoms with van der Waals surface area (Å²) in [5.74, 6) is 0. The largest absolute Gasteiger partial charge is 0.389 e. The summed E-state index contributed by atoms with van der Waals surface area (Å²) in [6.45, 7) is 0.813. The van der Waals surface area contributed by atoms with Crippen LogP contribution in [0.4, 0.5) is 5.69 Å². The molecule has 0 radical (unpaired) electrons. The van der Waals surface area contributed by atoms with Crippen LogP contribution >= 0.6 is 35.2 Å². The zero-order chi connectivity index (χ0) is 13.1. The number of nitrogens with two attached hydrogens (primary N) is 1. The van der Waals surface area contributed by atoms with E-state index in [1.165, 1.54) is 4.88 Å². The fourth-order valence-electron chi connectivity index (χ4n) is 1.75. The first-order chi connectivity index (χ1) is 8.58. The monoisotopic (exact) mass is 296 g/mol. The Hall–Kier alpha value is -1.10. The van der Waals surface area contributed by atoms with E-state index >= 15 is 0 Å². The molecule has 2 rings (SSSR count). The van der Waals surface area contributed by atoms with Crippen LogP contribution in [-0.4, -0.2) is 12.0 Å². The van der Waals surface area contributed by atoms with E-state index in [2.05, 4.69) is 16.3 Å². The predicted molar refractivity (Wildman–Crippen MR) is 83.8 cm³/mol. The minimum atomic E-state index is 0.389. The van der Waals surface area contributed by atoms with E-state index < -0.39 is 0 Å². The van der Waals surface area contributed by atoms with Gasteiger partial charge in [-0.05, 0) is 29.6 Å². The highest BCUT2D eigenvalue weighted by molar-refractivity contribution is 7.80. The molecule has 0 saturated heterocycles. The van der Waals surface area contributed by atoms with Gasteiger partial charge in [-0.3, -0.25) is 0 Å². The highest BCUT2D eigenvalue weighted by Gasteiger charge is 2.11. The zero-order valence-electron chi connectivity index (χ0n) is 9.89. The van der Waals surface area contributed by atoms with E-state index in [0.717, 1.165) is 17.8 Å². The lowest BCUT2D eigenvalue weighted by Crippen LogP contribution is -2.21. The van der Waals surface area contributed by atoms with Crippen molar-refractivity contribution in [2.75, 3.05) is 11.9 Å². The van der Waals surface area contributed by atoms with E-state index in [9.17, 15) is 0 Å². The smallest absolute Gasteiger partial charge is 0.106 e. The van der Waals surface area contributed by atoms with Gasteiger partial charge in [-0.1, -0.05) is 29.9 Å². The zero-order valence-corrected chi connectivity index (χ0v) is 12.3. The Bertz CT molecular complexity index is 552. The number of hydrogen-bond acceptors (Lipinski definition) is 3. The molecule has 1 heterocycles. The minimum Gasteiger partial charge on any atom is -0.389 e. The Kier molecular flexibility index (Phi) is 4.22. The summed E-state index contributed by atoms with van der Waals surface area (Å²) in [7, 11) is 2.01. The van der Waals surface area contributed by atoms with E-state index in [1.807, 2.05) is 25.2 Å². The van der Waals surface area contributed by atoms with Gasteiger partial charge in [-0.25, -0.2) is 0 Å². The van der Waals surface area contributed by atoms with Gasteiger partial charge in [0.25, 0.3) is 0 Å². The quantitative estimate of drug-likeness (QED) is 0.873. The summed E-state index contributed by atoms with van der Waals surface area (Å²) in [6.07, 6.45) is 0. The summed E-state index contributed by atoms with van der Waals surface area (Å²) < 4.78 is 0. The second kappa shape index (κ2) is 5.69. The SMILES string of the molecule is CN(Cc1cccs1)c1cc(Cl)ccc1C(N)=S. The molecule has 0 saturated carbocycles. The van der Waals surface area contributed by atoms with Crippen molar-refractivity contribution in [2.45, 2.75) is 6.54 Å². The molecular weight excluding hydrogens is 284 g/mol. The predicted octanol–water partition coefficient (Wildman–Crippen LogP) is 3.67. The van der Waals surface area contributed by atoms with Crippen molar-refractivity contribution in [3.63, 3.8) is 0 Å². The van der Waals surface area contributed by atoms with Crippen LogP contribution in [0.1, 0.15) is 10.4 Å². The standard InChI is InChI=1S/C13H13ClN2S2/c1-16(8-10-3-2-6-18-10)12-7-9(14)4-5-11(12)13(15)17/h2-7H,8H2,1H3,(H2,15,17). The average Bonchev–Trinajstić information content (AvgIpc) is 2.81. The normalized spacial score (nSPS) is 10.3. The van der Waals surface area contributed by atoms with Crippen LogP contribution < -0.4 is 10.6 Å². The molecule has 1 aromatic carbocycles. The highest BCUT2D eigenvalue weighted by Crippen LogP contribution is 2.26. The van der Waals surface area contributed by atoms with E-state index in [4.69, 9.17) is 29.6 Å². The maximum atomic E-state index is 6.04. The molecule has 0 aliphatic heterocycles. The van der Waals surface area contributed by atoms with Crippen LogP contribution in [0.15, 0.2) is 35.7 Å². The first kappa shape index (κ1) is 13.3. The maximum Gasteiger partial charge on any atom is 0.106 e. The lowest BCUT2D eigenvalue weighted by atomic mass is 10.1. The van der Waals surface area contributed by atoms with Crippen LogP contribution in [0.3, 0.4) is 0 Å². The summed E-state index contributed by atoms with van der Waals surface area (Å²) >= 11 is 12.8. The summed E-state index contributed by atoms with van der Waals surface area (Å²) in [6, 6.07) is 9.71. The number of rotatable bonds is 4. The number of benzene rings is 1. The van der Waals surface area contributed by atoms with Crippen LogP contribution in [0.5, 0.6) is 0 Å². The van der Waals surface area contributed by atoms with Crippen molar-refractivity contribution in [1.82, 2.24) is 0 Å². The second-order valence-corrected chi connectivity index (χ2v) is 5.87. The lowest BCUT2D eigenvalue weighted by Gasteiger charge is -2.21. The highest BCUT2D eigenvalue weighted by atomic mass is 35.5. The first-order valence-electron chi connectivity index (χ1n) is 5.41. The van der Waals surface area contributed by atoms with Crippen molar-refractivity contribution in [2.24, 2.45) is 5.73 Å². The van der Waals surface area contributed by atoms with Crippen LogP contribution in [0.2, 0.25) is 5.02 Å². The molecule has 2 aromatic rings. The Morgan fingerprint density at radius 1 is 1.44 bits per heavy atom. The van der Waals surface area contributed by atoms with E-state index in [0.29, 0.717) is 10.0 Å². The summed E-state index contributed by atoms with van der Waals surface area (Å²) in [5, 5.41) is 2.75. The second-order valence-electron chi connectivity index (χ2n) is 3.96. The van der Waals surface area contributed by atoms with Gasteiger partial charge in [0, 0.05) is 28.2 Å². The van der Waals surface area contributed by atoms with Crippen molar-refractivity contribution >= 4 is 45.8 Å². The molecule has 0 fully saturated rings. The van der Waals surface area contributed by atoms with Crippen LogP contribution in [-0.2, 0) is 6.54 Å². The Morgan fingerprint density at radius 2 is 2.22 bits per heavy atom. The van der Waals surface area contributed by atoms with Crippen molar-refractivity contribution in [3.8, 4) is 0 Å². The molecule has 0 amide bonds. The fourth-order valence-corrected chi connectivity index (χ4v) is 2.85. The minimum absolute atomic E-state index is 0.389. The molecule has 1 aromatic heterocycles. The third-order valence-electron chi connectivity index (χ3n) is 2.61. The average molecular weight is 297 g/mol. The summed E-state index contributed by atoms with van der Waals surface area (Å²) in [4.78, 5) is 3.78. The number of hydrogen-bond donors (Lipinski definition) is 1. The number of nitrogens with zero attached hydrogens (tertiary/aromatic N) is 1. The van der Waals surface area contributed by atoms with Crippen molar-refractivity contribution < 1.29 is 0 Å². The molecule has 94 valence electrons. The molecule has 18 heavy (non-hydrogen) atoms. The third kappa shape index (κ3) is 3.02. The number of anilines is 1. The van der Waals surface area contributed by atoms with Gasteiger partial charge >= 0.3 is 0 Å². The molecule has 2 nitrogen and oxygen atoms in total. The number of thiocarbonyl (C=S) groups is 1. The molecule has 0 spiro atoms. The number of thiophene rings is 1. The maximum absolute atomic E-state index is 6.04. The summed E-state index contributed by atoms with van der Waals surface area (Å²) in [5.41, 5.74) is 7.56. The van der Waals surface area contributed by atoms with Gasteiger partial charge in [0.1, 0.15) is 4.99 Å². The Morgan fingerprint density at radius 3 is 2.83 bits per heavy atom. The van der Waals surface area contributed by atoms with E-state index in [1.54, 1.807) is 17.4 Å². The van der Waals surface area contributed by atoms with Gasteiger partial charge < -0.3 is 10.6 Å².